The molecule has 0 aliphatic rings. The molecule has 4 heterocycles. The quantitative estimate of drug-likeness (QED) is 0.183. The maximum Gasteiger partial charge on any atom is 0.284 e. The predicted octanol–water partition coefficient (Wildman–Crippen LogP) is 3.49. The predicted molar refractivity (Wildman–Crippen MR) is 96.7 cm³/mol. The zero-order chi connectivity index (χ0) is 17.4. The molecule has 0 aliphatic carbocycles. The third-order valence-electron chi connectivity index (χ3n) is 3.52. The number of fused-ring (bicyclic) bond motifs is 1. The van der Waals surface area contributed by atoms with Crippen molar-refractivity contribution in [3.8, 4) is 10.6 Å². The van der Waals surface area contributed by atoms with Crippen LogP contribution in [0.4, 0.5) is 10.1 Å². The van der Waals surface area contributed by atoms with Crippen molar-refractivity contribution in [2.45, 2.75) is 6.92 Å². The van der Waals surface area contributed by atoms with E-state index in [4.69, 9.17) is 5.21 Å². The molecule has 7 nitrogen and oxygen atoms in total. The molecule has 0 unspecified atom stereocenters. The van der Waals surface area contributed by atoms with Crippen molar-refractivity contribution in [2.75, 3.05) is 5.32 Å². The van der Waals surface area contributed by atoms with Crippen LogP contribution in [0.5, 0.6) is 0 Å². The summed E-state index contributed by atoms with van der Waals surface area (Å²) in [5.41, 5.74) is 4.34. The van der Waals surface area contributed by atoms with Crippen molar-refractivity contribution in [1.29, 1.82) is 0 Å². The number of aryl methyl sites for hydroxylation is 1. The van der Waals surface area contributed by atoms with E-state index in [1.807, 2.05) is 29.5 Å². The molecule has 3 N–H and O–H groups in total. The number of imidazole rings is 1. The Morgan fingerprint density at radius 3 is 2.96 bits per heavy atom. The fourth-order valence-corrected chi connectivity index (χ4v) is 4.24. The summed E-state index contributed by atoms with van der Waals surface area (Å²) in [6, 6.07) is 9.09. The molecule has 0 fully saturated rings. The fraction of sp³-hybridized carbons (Fsp3) is 0.0625. The normalized spacial score (nSPS) is 10.5. The van der Waals surface area contributed by atoms with Crippen LogP contribution in [0, 0.1) is 13.1 Å². The van der Waals surface area contributed by atoms with Gasteiger partial charge in [0.2, 0.25) is 0 Å². The number of hydrogen-bond donors (Lipinski definition) is 3. The summed E-state index contributed by atoms with van der Waals surface area (Å²) in [7, 11) is 0. The van der Waals surface area contributed by atoms with Gasteiger partial charge in [0.15, 0.2) is 5.13 Å². The molecular formula is C16H12FmN5O2S2-. The van der Waals surface area contributed by atoms with Gasteiger partial charge in [-0.25, -0.2) is 10.5 Å². The molecule has 4 aromatic heterocycles. The number of carbonyl (C=O) groups is 1. The van der Waals surface area contributed by atoms with Crippen molar-refractivity contribution >= 4 is 44.4 Å². The number of nitrogens with one attached hydrogen (secondary N) is 2. The summed E-state index contributed by atoms with van der Waals surface area (Å²) < 4.78 is 1.92. The second-order valence-electron chi connectivity index (χ2n) is 5.15. The van der Waals surface area contributed by atoms with E-state index in [-0.39, 0.29) is 0 Å². The first-order chi connectivity index (χ1) is 12.2. The molecule has 0 saturated heterocycles. The molecule has 4 rings (SSSR count). The maximum atomic E-state index is 11.4. The monoisotopic (exact) mass is 627 g/mol. The molecule has 0 bridgehead atoms. The molecule has 0 aromatic carbocycles. The number of thiazole rings is 1. The van der Waals surface area contributed by atoms with E-state index in [1.165, 1.54) is 22.7 Å². The Bertz CT molecular complexity index is 1070. The van der Waals surface area contributed by atoms with Gasteiger partial charge in [-0.05, 0) is 19.1 Å². The molecule has 10 heteroatoms. The smallest absolute Gasteiger partial charge is 0.284 e. The molecule has 1 amide bonds. The summed E-state index contributed by atoms with van der Waals surface area (Å²) in [4.78, 5) is 21.7. The van der Waals surface area contributed by atoms with Gasteiger partial charge in [-0.3, -0.25) is 15.0 Å². The molecule has 4 aromatic rings. The van der Waals surface area contributed by atoms with E-state index in [0.717, 1.165) is 26.9 Å². The summed E-state index contributed by atoms with van der Waals surface area (Å²) in [5, 5.41) is 13.3. The Kier molecular flexibility index (Phi) is 4.36. The van der Waals surface area contributed by atoms with Crippen LogP contribution in [-0.2, 0) is 0 Å². The number of hydroxylamine groups is 1. The minimum Gasteiger partial charge on any atom is -0.420 e. The van der Waals surface area contributed by atoms with Crippen molar-refractivity contribution in [1.82, 2.24) is 19.8 Å². The van der Waals surface area contributed by atoms with Gasteiger partial charge in [0.05, 0.1) is 9.88 Å². The SMILES string of the molecule is Cc1nc2ccc[c-]n2c1-c1cnc(Nc2ccc(C(=O)NO)s2)s1.[Fm]. The van der Waals surface area contributed by atoms with E-state index in [1.54, 1.807) is 23.8 Å². The number of rotatable bonds is 4. The standard InChI is InChI=1S/C16H12N5O2S2.Fm/c1-9-14(21-7-3-2-4-12(21)18-9)11-8-17-16(25-11)19-13-6-5-10(24-13)15(22)20-23;/h2-6,8,23H,1H3,(H,17,19)(H,20,22);/q-1;. The molecule has 0 aliphatic heterocycles. The second kappa shape index (κ2) is 6.63. The number of thiophene rings is 1. The summed E-state index contributed by atoms with van der Waals surface area (Å²) in [5.74, 6) is -0.533. The first-order valence-corrected chi connectivity index (χ1v) is 8.92. The topological polar surface area (TPSA) is 91.5 Å². The minimum absolute atomic E-state index is 0. The zero-order valence-corrected chi connectivity index (χ0v) is 17.3. The van der Waals surface area contributed by atoms with Crippen molar-refractivity contribution in [3.63, 3.8) is 0 Å². The molecule has 138 valence electrons. The Labute approximate surface area is 150 Å². The van der Waals surface area contributed by atoms with Gasteiger partial charge in [-0.2, -0.15) is 0 Å². The van der Waals surface area contributed by atoms with Crippen LogP contribution in [0.3, 0.4) is 0 Å². The van der Waals surface area contributed by atoms with E-state index >= 15 is 0 Å². The van der Waals surface area contributed by atoms with E-state index in [9.17, 15) is 4.79 Å². The zero-order valence-electron chi connectivity index (χ0n) is 13.3. The van der Waals surface area contributed by atoms with Crippen LogP contribution in [0.1, 0.15) is 15.4 Å². The van der Waals surface area contributed by atoms with Crippen LogP contribution >= 0.6 is 22.7 Å². The van der Waals surface area contributed by atoms with Crippen molar-refractivity contribution in [2.24, 2.45) is 0 Å². The Morgan fingerprint density at radius 1 is 1.31 bits per heavy atom. The fourth-order valence-electron chi connectivity index (χ4n) is 2.46. The number of aromatic nitrogens is 3. The molecule has 0 atom stereocenters. The molecule has 0 saturated carbocycles. The Hall–Kier alpha value is -3.75. The average molecular weight is 627 g/mol. The Balaban J connectivity index is 0.00000196. The molecular weight excluding hydrogens is 615 g/mol. The van der Waals surface area contributed by atoms with Crippen LogP contribution in [0.15, 0.2) is 36.5 Å². The number of carbonyl (C=O) groups excluding carboxylic acids is 1. The second-order valence-corrected chi connectivity index (χ2v) is 7.27. The Morgan fingerprint density at radius 2 is 2.15 bits per heavy atom. The average Bonchev–Trinajstić information content (AvgIpc) is 3.32. The van der Waals surface area contributed by atoms with Gasteiger partial charge in [0.1, 0.15) is 0 Å². The molecule has 0 spiro atoms. The van der Waals surface area contributed by atoms with Crippen molar-refractivity contribution in [3.05, 3.63) is 53.3 Å². The number of nitrogens with zero attached hydrogens (tertiary/aromatic N) is 3. The minimum atomic E-state index is -0.533. The van der Waals surface area contributed by atoms with E-state index in [2.05, 4.69) is 21.5 Å². The number of amides is 1. The van der Waals surface area contributed by atoms with Crippen LogP contribution in [0.2, 0.25) is 0 Å². The number of pyridine rings is 1. The maximum absolute atomic E-state index is 11.4. The van der Waals surface area contributed by atoms with Crippen molar-refractivity contribution < 1.29 is 10.0 Å². The summed E-state index contributed by atoms with van der Waals surface area (Å²) in [6.07, 6.45) is 4.96. The first kappa shape index (κ1) is 17.1. The van der Waals surface area contributed by atoms with Gasteiger partial charge >= 0.3 is 0 Å². The summed E-state index contributed by atoms with van der Waals surface area (Å²) in [6.45, 7) is 1.96. The molecule has 26 heavy (non-hydrogen) atoms. The number of hydrogen-bond acceptors (Lipinski definition) is 7. The number of anilines is 2. The third-order valence-corrected chi connectivity index (χ3v) is 5.44. The summed E-state index contributed by atoms with van der Waals surface area (Å²) >= 11 is 2.72. The van der Waals surface area contributed by atoms with Gasteiger partial charge in [-0.15, -0.1) is 40.9 Å². The van der Waals surface area contributed by atoms with Crippen LogP contribution in [0.25, 0.3) is 16.2 Å². The van der Waals surface area contributed by atoms with E-state index < -0.39 is 5.91 Å². The van der Waals surface area contributed by atoms with Crippen LogP contribution < -0.4 is 10.8 Å². The van der Waals surface area contributed by atoms with E-state index in [0.29, 0.717) is 10.0 Å². The van der Waals surface area contributed by atoms with Gasteiger partial charge in [-0.1, -0.05) is 6.20 Å². The van der Waals surface area contributed by atoms with Crippen LogP contribution in [-0.4, -0.2) is 25.5 Å². The molecule has 0 radical (unpaired) electrons. The first-order valence-electron chi connectivity index (χ1n) is 7.29. The van der Waals surface area contributed by atoms with Gasteiger partial charge in [0.25, 0.3) is 5.91 Å². The largest absolute Gasteiger partial charge is 0.420 e. The van der Waals surface area contributed by atoms with Gasteiger partial charge in [0, 0.05) is 28.1 Å². The van der Waals surface area contributed by atoms with Gasteiger partial charge < -0.3 is 9.72 Å². The third kappa shape index (κ3) is 2.86.